The van der Waals surface area contributed by atoms with Crippen LogP contribution in [0.4, 0.5) is 13.2 Å². The van der Waals surface area contributed by atoms with Gasteiger partial charge < -0.3 is 0 Å². The first-order valence-electron chi connectivity index (χ1n) is 4.84. The van der Waals surface area contributed by atoms with E-state index >= 15 is 0 Å². The van der Waals surface area contributed by atoms with Crippen molar-refractivity contribution >= 4 is 16.5 Å². The Bertz CT molecular complexity index is 552. The first-order chi connectivity index (χ1) is 9.24. The molecule has 0 radical (unpaired) electrons. The minimum Gasteiger partial charge on any atom is -0.277 e. The van der Waals surface area contributed by atoms with Gasteiger partial charge in [-0.1, -0.05) is 30.3 Å². The number of nitrogens with zero attached hydrogens (tertiary/aromatic N) is 1. The van der Waals surface area contributed by atoms with Gasteiger partial charge in [0.25, 0.3) is 0 Å². The number of alkyl halides is 3. The summed E-state index contributed by atoms with van der Waals surface area (Å²) in [5.41, 5.74) is -3.53. The lowest BCUT2D eigenvalue weighted by molar-refractivity contribution is -0.116. The molecule has 0 saturated carbocycles. The third-order valence-corrected chi connectivity index (χ3v) is 2.50. The lowest BCUT2D eigenvalue weighted by atomic mass is 10.2. The number of rotatable bonds is 4. The maximum Gasteiger partial charge on any atom is 0.525 e. The summed E-state index contributed by atoms with van der Waals surface area (Å²) in [7, 11) is -5.70. The number of nitriles is 1. The van der Waals surface area contributed by atoms with E-state index in [0.29, 0.717) is 6.42 Å². The molecule has 20 heavy (non-hydrogen) atoms. The zero-order valence-electron chi connectivity index (χ0n) is 9.79. The van der Waals surface area contributed by atoms with Gasteiger partial charge in [0, 0.05) is 0 Å². The Balaban J connectivity index is 0.000000367. The highest BCUT2D eigenvalue weighted by Crippen LogP contribution is 2.23. The van der Waals surface area contributed by atoms with Crippen LogP contribution in [-0.4, -0.2) is 20.3 Å². The Hall–Kier alpha value is -2.12. The molecule has 0 aliphatic carbocycles. The summed E-state index contributed by atoms with van der Waals surface area (Å²) in [6.07, 6.45) is 0.171. The largest absolute Gasteiger partial charge is 0.525 e. The molecule has 0 unspecified atom stereocenters. The minimum atomic E-state index is -5.70. The number of carbonyl (C=O) groups is 1. The van der Waals surface area contributed by atoms with Crippen molar-refractivity contribution in [2.24, 2.45) is 0 Å². The van der Waals surface area contributed by atoms with E-state index in [0.717, 1.165) is 11.0 Å². The molecule has 0 bridgehead atoms. The zero-order chi connectivity index (χ0) is 15.6. The van der Waals surface area contributed by atoms with Crippen LogP contribution in [0.15, 0.2) is 30.3 Å². The Morgan fingerprint density at radius 1 is 1.30 bits per heavy atom. The van der Waals surface area contributed by atoms with E-state index in [1.807, 2.05) is 30.3 Å². The maximum absolute atomic E-state index is 11.3. The zero-order valence-corrected chi connectivity index (χ0v) is 10.6. The molecule has 0 saturated heterocycles. The Kier molecular flexibility index (Phi) is 7.27. The lowest BCUT2D eigenvalue weighted by Crippen LogP contribution is -2.30. The molecule has 0 atom stereocenters. The molecule has 0 heterocycles. The highest BCUT2D eigenvalue weighted by molar-refractivity contribution is 7.87. The van der Waals surface area contributed by atoms with Crippen LogP contribution in [0.25, 0.3) is 0 Å². The van der Waals surface area contributed by atoms with E-state index < -0.39 is 15.6 Å². The minimum absolute atomic E-state index is 0.344. The van der Waals surface area contributed by atoms with Gasteiger partial charge in [0.15, 0.2) is 0 Å². The van der Waals surface area contributed by atoms with Crippen molar-refractivity contribution in [2.45, 2.75) is 11.9 Å². The third-order valence-electron chi connectivity index (χ3n) is 1.62. The number of hydrogen-bond donors (Lipinski definition) is 1. The van der Waals surface area contributed by atoms with Gasteiger partial charge in [-0.2, -0.15) is 26.9 Å². The fourth-order valence-electron chi connectivity index (χ4n) is 0.817. The number of hydrogen-bond acceptors (Lipinski definition) is 5. The van der Waals surface area contributed by atoms with E-state index in [-0.39, 0.29) is 6.41 Å². The monoisotopic (exact) mass is 310 g/mol. The van der Waals surface area contributed by atoms with Gasteiger partial charge in [0.2, 0.25) is 6.41 Å². The van der Waals surface area contributed by atoms with Crippen LogP contribution in [0.3, 0.4) is 0 Å². The first-order valence-corrected chi connectivity index (χ1v) is 6.25. The number of carbonyl (C=O) groups excluding carboxylic acids is 1. The Labute approximate surface area is 112 Å². The van der Waals surface area contributed by atoms with E-state index in [1.165, 1.54) is 0 Å². The molecule has 6 nitrogen and oxygen atoms in total. The summed E-state index contributed by atoms with van der Waals surface area (Å²) in [6, 6.07) is 11.8. The van der Waals surface area contributed by atoms with Crippen molar-refractivity contribution in [2.75, 3.05) is 0 Å². The van der Waals surface area contributed by atoms with Crippen LogP contribution in [0.5, 0.6) is 0 Å². The van der Waals surface area contributed by atoms with E-state index in [9.17, 15) is 26.4 Å². The van der Waals surface area contributed by atoms with E-state index in [2.05, 4.69) is 10.4 Å². The molecule has 110 valence electrons. The number of amides is 1. The van der Waals surface area contributed by atoms with Gasteiger partial charge in [0.05, 0.1) is 12.5 Å². The van der Waals surface area contributed by atoms with Crippen molar-refractivity contribution < 1.29 is 30.7 Å². The fraction of sp³-hybridized carbons (Fsp3) is 0.200. The second kappa shape index (κ2) is 8.13. The normalized spacial score (nSPS) is 10.7. The average Bonchev–Trinajstić information content (AvgIpc) is 2.37. The van der Waals surface area contributed by atoms with Gasteiger partial charge in [0.1, 0.15) is 0 Å². The lowest BCUT2D eigenvalue weighted by Gasteiger charge is -2.04. The fourth-order valence-corrected chi connectivity index (χ4v) is 1.08. The molecule has 0 aliphatic heterocycles. The molecule has 1 rings (SSSR count). The Morgan fingerprint density at radius 3 is 2.25 bits per heavy atom. The first kappa shape index (κ1) is 17.9. The molecule has 1 N–H and O–H groups in total. The van der Waals surface area contributed by atoms with Crippen LogP contribution >= 0.6 is 0 Å². The number of benzene rings is 1. The summed E-state index contributed by atoms with van der Waals surface area (Å²) >= 11 is 0. The predicted octanol–water partition coefficient (Wildman–Crippen LogP) is 1.27. The molecule has 1 amide bonds. The van der Waals surface area contributed by atoms with Crippen molar-refractivity contribution in [3.63, 3.8) is 0 Å². The summed E-state index contributed by atoms with van der Waals surface area (Å²) in [5, 5.41) is 8.27. The van der Waals surface area contributed by atoms with Crippen molar-refractivity contribution in [3.05, 3.63) is 35.9 Å². The van der Waals surface area contributed by atoms with Gasteiger partial charge in [-0.25, -0.2) is 5.48 Å². The van der Waals surface area contributed by atoms with E-state index in [1.54, 1.807) is 0 Å². The molecule has 0 aliphatic rings. The number of halogens is 3. The average molecular weight is 310 g/mol. The molecule has 0 aromatic heterocycles. The van der Waals surface area contributed by atoms with Gasteiger partial charge in [-0.15, -0.1) is 4.28 Å². The molecule has 0 spiro atoms. The molecule has 1 aromatic rings. The number of hydroxylamine groups is 1. The topological polar surface area (TPSA) is 96.3 Å². The smallest absolute Gasteiger partial charge is 0.277 e. The van der Waals surface area contributed by atoms with Crippen molar-refractivity contribution in [1.82, 2.24) is 5.48 Å². The van der Waals surface area contributed by atoms with Gasteiger partial charge >= 0.3 is 15.6 Å². The van der Waals surface area contributed by atoms with Crippen molar-refractivity contribution in [1.29, 1.82) is 5.26 Å². The standard InChI is InChI=1S/C8H7N.C2H2F3NO4S/c9-7-6-8-4-2-1-3-5-8;3-2(4,5)11(8,9)10-6-1-7/h1-5H,6H2;1H,(H,6,7). The second-order valence-electron chi connectivity index (χ2n) is 3.04. The Morgan fingerprint density at radius 2 is 1.85 bits per heavy atom. The van der Waals surface area contributed by atoms with Crippen LogP contribution in [0.2, 0.25) is 0 Å². The summed E-state index contributed by atoms with van der Waals surface area (Å²) < 4.78 is 56.5. The SMILES string of the molecule is N#CCc1ccccc1.O=CNOS(=O)(=O)C(F)(F)F. The highest BCUT2D eigenvalue weighted by atomic mass is 32.2. The quantitative estimate of drug-likeness (QED) is 0.513. The summed E-state index contributed by atoms with van der Waals surface area (Å²) in [6.45, 7) is 0. The third kappa shape index (κ3) is 6.72. The van der Waals surface area contributed by atoms with Crippen LogP contribution < -0.4 is 5.48 Å². The highest BCUT2D eigenvalue weighted by Gasteiger charge is 2.47. The van der Waals surface area contributed by atoms with Crippen molar-refractivity contribution in [3.8, 4) is 6.07 Å². The summed E-state index contributed by atoms with van der Waals surface area (Å²) in [5.74, 6) is 0. The van der Waals surface area contributed by atoms with Crippen LogP contribution in [0, 0.1) is 11.3 Å². The second-order valence-corrected chi connectivity index (χ2v) is 4.58. The molecule has 0 fully saturated rings. The maximum atomic E-state index is 11.3. The molecular weight excluding hydrogens is 301 g/mol. The van der Waals surface area contributed by atoms with Crippen LogP contribution in [-0.2, 0) is 25.6 Å². The predicted molar refractivity (Wildman–Crippen MR) is 61.0 cm³/mol. The number of nitrogens with one attached hydrogen (secondary N) is 1. The van der Waals surface area contributed by atoms with Gasteiger partial charge in [-0.3, -0.25) is 4.79 Å². The molecule has 1 aromatic carbocycles. The van der Waals surface area contributed by atoms with Gasteiger partial charge in [-0.05, 0) is 5.56 Å². The van der Waals surface area contributed by atoms with Crippen LogP contribution in [0.1, 0.15) is 5.56 Å². The molecular formula is C10H9F3N2O4S. The molecule has 10 heteroatoms. The summed E-state index contributed by atoms with van der Waals surface area (Å²) in [4.78, 5) is 9.31. The van der Waals surface area contributed by atoms with E-state index in [4.69, 9.17) is 5.26 Å².